The highest BCUT2D eigenvalue weighted by Gasteiger charge is 2.54. The van der Waals surface area contributed by atoms with Crippen molar-refractivity contribution in [3.63, 3.8) is 0 Å². The fourth-order valence-electron chi connectivity index (χ4n) is 3.26. The van der Waals surface area contributed by atoms with Crippen molar-refractivity contribution in [2.75, 3.05) is 0 Å². The highest BCUT2D eigenvalue weighted by Crippen LogP contribution is 2.55. The number of nitrogens with zero attached hydrogens (tertiary/aromatic N) is 1. The molecule has 0 aliphatic heterocycles. The molecule has 3 rings (SSSR count). The Morgan fingerprint density at radius 3 is 2.60 bits per heavy atom. The van der Waals surface area contributed by atoms with Gasteiger partial charge in [0, 0.05) is 17.5 Å². The predicted molar refractivity (Wildman–Crippen MR) is 74.4 cm³/mol. The maximum Gasteiger partial charge on any atom is 0.243 e. The van der Waals surface area contributed by atoms with E-state index in [0.29, 0.717) is 17.4 Å². The van der Waals surface area contributed by atoms with Gasteiger partial charge in [-0.3, -0.25) is 4.79 Å². The lowest BCUT2D eigenvalue weighted by Gasteiger charge is -2.04. The molecule has 5 heteroatoms. The molecule has 0 spiro atoms. The van der Waals surface area contributed by atoms with E-state index in [9.17, 15) is 15.0 Å². The number of aromatic hydroxyl groups is 2. The smallest absolute Gasteiger partial charge is 0.243 e. The number of phenols is 2. The van der Waals surface area contributed by atoms with Gasteiger partial charge in [-0.05, 0) is 36.8 Å². The van der Waals surface area contributed by atoms with Crippen LogP contribution in [0.25, 0.3) is 0 Å². The number of hydrogen-bond donors (Lipinski definition) is 3. The largest absolute Gasteiger partial charge is 0.508 e. The normalized spacial score (nSPS) is 28.1. The number of amides is 1. The van der Waals surface area contributed by atoms with E-state index in [1.165, 1.54) is 37.3 Å². The van der Waals surface area contributed by atoms with Gasteiger partial charge < -0.3 is 10.2 Å². The Hall–Kier alpha value is -2.04. The second kappa shape index (κ2) is 5.15. The first-order chi connectivity index (χ1) is 9.66. The quantitative estimate of drug-likeness (QED) is 0.582. The fourth-order valence-corrected chi connectivity index (χ4v) is 3.26. The molecule has 1 amide bonds. The van der Waals surface area contributed by atoms with Crippen molar-refractivity contribution >= 4 is 12.1 Å². The lowest BCUT2D eigenvalue weighted by atomic mass is 10.0. The zero-order chi connectivity index (χ0) is 14.1. The summed E-state index contributed by atoms with van der Waals surface area (Å²) in [6, 6.07) is 4.23. The van der Waals surface area contributed by atoms with Crippen LogP contribution in [0.15, 0.2) is 23.3 Å². The summed E-state index contributed by atoms with van der Waals surface area (Å²) in [5, 5.41) is 22.6. The SMILES string of the molecule is O=C(N/N=C\c1ccc(O)cc1O)C1[C@H]2CCCC[C@H]12. The van der Waals surface area contributed by atoms with Crippen LogP contribution in [0.5, 0.6) is 11.5 Å². The van der Waals surface area contributed by atoms with E-state index in [1.807, 2.05) is 0 Å². The monoisotopic (exact) mass is 274 g/mol. The van der Waals surface area contributed by atoms with E-state index >= 15 is 0 Å². The minimum Gasteiger partial charge on any atom is -0.508 e. The molecule has 20 heavy (non-hydrogen) atoms. The van der Waals surface area contributed by atoms with Crippen LogP contribution in [0, 0.1) is 17.8 Å². The van der Waals surface area contributed by atoms with E-state index < -0.39 is 0 Å². The maximum absolute atomic E-state index is 12.0. The number of hydrazone groups is 1. The zero-order valence-electron chi connectivity index (χ0n) is 11.1. The second-order valence-corrected chi connectivity index (χ2v) is 5.62. The third kappa shape index (κ3) is 2.48. The molecule has 1 aromatic carbocycles. The topological polar surface area (TPSA) is 81.9 Å². The van der Waals surface area contributed by atoms with Crippen molar-refractivity contribution < 1.29 is 15.0 Å². The third-order valence-electron chi connectivity index (χ3n) is 4.35. The van der Waals surface area contributed by atoms with Gasteiger partial charge in [-0.1, -0.05) is 12.8 Å². The van der Waals surface area contributed by atoms with Gasteiger partial charge in [0.25, 0.3) is 0 Å². The Kier molecular flexibility index (Phi) is 3.34. The van der Waals surface area contributed by atoms with Gasteiger partial charge in [0.05, 0.1) is 6.21 Å². The number of rotatable bonds is 3. The first-order valence-corrected chi connectivity index (χ1v) is 7.02. The van der Waals surface area contributed by atoms with E-state index in [4.69, 9.17) is 0 Å². The minimum atomic E-state index is -0.0666. The molecule has 5 nitrogen and oxygen atoms in total. The summed E-state index contributed by atoms with van der Waals surface area (Å²) in [6.45, 7) is 0. The van der Waals surface area contributed by atoms with Crippen LogP contribution >= 0.6 is 0 Å². The van der Waals surface area contributed by atoms with Crippen molar-refractivity contribution in [1.82, 2.24) is 5.43 Å². The number of phenolic OH excluding ortho intramolecular Hbond substituents is 2. The summed E-state index contributed by atoms with van der Waals surface area (Å²) >= 11 is 0. The Labute approximate surface area is 117 Å². The molecule has 2 aliphatic rings. The van der Waals surface area contributed by atoms with Gasteiger partial charge >= 0.3 is 0 Å². The Morgan fingerprint density at radius 1 is 1.25 bits per heavy atom. The van der Waals surface area contributed by atoms with Crippen LogP contribution in [0.2, 0.25) is 0 Å². The van der Waals surface area contributed by atoms with Crippen LogP contribution in [0.3, 0.4) is 0 Å². The summed E-state index contributed by atoms with van der Waals surface area (Å²) in [5.41, 5.74) is 3.00. The van der Waals surface area contributed by atoms with Crippen molar-refractivity contribution in [3.05, 3.63) is 23.8 Å². The summed E-state index contributed by atoms with van der Waals surface area (Å²) in [7, 11) is 0. The predicted octanol–water partition coefficient (Wildman–Crippen LogP) is 1.98. The molecule has 2 saturated carbocycles. The molecular formula is C15H18N2O3. The number of hydrogen-bond acceptors (Lipinski definition) is 4. The molecule has 0 radical (unpaired) electrons. The maximum atomic E-state index is 12.0. The molecule has 0 heterocycles. The van der Waals surface area contributed by atoms with Gasteiger partial charge in [0.2, 0.25) is 5.91 Å². The summed E-state index contributed by atoms with van der Waals surface area (Å²) < 4.78 is 0. The van der Waals surface area contributed by atoms with Crippen LogP contribution < -0.4 is 5.43 Å². The van der Waals surface area contributed by atoms with Gasteiger partial charge in [-0.25, -0.2) is 5.43 Å². The molecule has 1 aromatic rings. The minimum absolute atomic E-state index is 0.00857. The molecule has 2 aliphatic carbocycles. The van der Waals surface area contributed by atoms with E-state index in [2.05, 4.69) is 10.5 Å². The summed E-state index contributed by atoms with van der Waals surface area (Å²) in [5.74, 6) is 1.15. The Balaban J connectivity index is 1.56. The van der Waals surface area contributed by atoms with Gasteiger partial charge in [0.1, 0.15) is 11.5 Å². The lowest BCUT2D eigenvalue weighted by Crippen LogP contribution is -2.20. The second-order valence-electron chi connectivity index (χ2n) is 5.62. The molecular weight excluding hydrogens is 256 g/mol. The number of benzene rings is 1. The molecule has 0 unspecified atom stereocenters. The van der Waals surface area contributed by atoms with E-state index in [1.54, 1.807) is 0 Å². The summed E-state index contributed by atoms with van der Waals surface area (Å²) in [4.78, 5) is 12.0. The van der Waals surface area contributed by atoms with Crippen LogP contribution in [-0.4, -0.2) is 22.3 Å². The van der Waals surface area contributed by atoms with Gasteiger partial charge in [-0.15, -0.1) is 0 Å². The fraction of sp³-hybridized carbons (Fsp3) is 0.467. The third-order valence-corrected chi connectivity index (χ3v) is 4.35. The molecule has 0 saturated heterocycles. The van der Waals surface area contributed by atoms with E-state index in [0.717, 1.165) is 12.8 Å². The average Bonchev–Trinajstić information content (AvgIpc) is 3.15. The van der Waals surface area contributed by atoms with Crippen molar-refractivity contribution in [3.8, 4) is 11.5 Å². The Morgan fingerprint density at radius 2 is 1.95 bits per heavy atom. The summed E-state index contributed by atoms with van der Waals surface area (Å²) in [6.07, 6.45) is 6.17. The van der Waals surface area contributed by atoms with Gasteiger partial charge in [0.15, 0.2) is 0 Å². The molecule has 106 valence electrons. The Bertz CT molecular complexity index is 544. The first kappa shape index (κ1) is 13.0. The number of fused-ring (bicyclic) bond motifs is 1. The van der Waals surface area contributed by atoms with Crippen molar-refractivity contribution in [1.29, 1.82) is 0 Å². The molecule has 0 bridgehead atoms. The standard InChI is InChI=1S/C15H18N2O3/c18-10-6-5-9(13(19)7-10)8-16-17-15(20)14-11-3-1-2-4-12(11)14/h5-8,11-12,14,18-19H,1-4H2,(H,17,20)/b16-8-/t11-,12-/m0/s1. The first-order valence-electron chi connectivity index (χ1n) is 7.02. The number of nitrogens with one attached hydrogen (secondary N) is 1. The zero-order valence-corrected chi connectivity index (χ0v) is 11.1. The van der Waals surface area contributed by atoms with Crippen molar-refractivity contribution in [2.24, 2.45) is 22.9 Å². The number of carbonyl (C=O) groups is 1. The highest BCUT2D eigenvalue weighted by molar-refractivity contribution is 5.87. The van der Waals surface area contributed by atoms with Crippen LogP contribution in [-0.2, 0) is 4.79 Å². The highest BCUT2D eigenvalue weighted by atomic mass is 16.3. The van der Waals surface area contributed by atoms with Crippen molar-refractivity contribution in [2.45, 2.75) is 25.7 Å². The van der Waals surface area contributed by atoms with E-state index in [-0.39, 0.29) is 23.3 Å². The molecule has 2 atom stereocenters. The average molecular weight is 274 g/mol. The van der Waals surface area contributed by atoms with Gasteiger partial charge in [-0.2, -0.15) is 5.10 Å². The molecule has 0 aromatic heterocycles. The lowest BCUT2D eigenvalue weighted by molar-refractivity contribution is -0.122. The molecule has 3 N–H and O–H groups in total. The van der Waals surface area contributed by atoms with Crippen LogP contribution in [0.1, 0.15) is 31.2 Å². The number of carbonyl (C=O) groups excluding carboxylic acids is 1. The molecule has 2 fully saturated rings. The van der Waals surface area contributed by atoms with Crippen LogP contribution in [0.4, 0.5) is 0 Å².